The Balaban J connectivity index is 2.99. The maximum Gasteiger partial charge on any atom is 0.332 e. The minimum atomic E-state index is -0.830. The number of aliphatic hydroxyl groups is 1. The van der Waals surface area contributed by atoms with E-state index in [2.05, 4.69) is 10.4 Å². The molecule has 7 nitrogen and oxygen atoms in total. The molecular formula is C10H16N4O3. The van der Waals surface area contributed by atoms with E-state index in [1.54, 1.807) is 0 Å². The molecule has 0 aromatic carbocycles. The van der Waals surface area contributed by atoms with Crippen LogP contribution in [-0.4, -0.2) is 28.8 Å². The lowest BCUT2D eigenvalue weighted by atomic mass is 10.0. The van der Waals surface area contributed by atoms with E-state index in [-0.39, 0.29) is 23.0 Å². The summed E-state index contributed by atoms with van der Waals surface area (Å²) in [4.78, 5) is 22.1. The first kappa shape index (κ1) is 13.0. The van der Waals surface area contributed by atoms with Gasteiger partial charge in [0, 0.05) is 0 Å². The highest BCUT2D eigenvalue weighted by Crippen LogP contribution is 2.21. The van der Waals surface area contributed by atoms with Crippen LogP contribution in [0.3, 0.4) is 0 Å². The summed E-state index contributed by atoms with van der Waals surface area (Å²) in [7, 11) is 0. The number of aliphatic hydroxyl groups excluding tert-OH is 1. The van der Waals surface area contributed by atoms with Gasteiger partial charge < -0.3 is 16.2 Å². The van der Waals surface area contributed by atoms with Crippen LogP contribution in [0.15, 0.2) is 16.4 Å². The fourth-order valence-electron chi connectivity index (χ4n) is 1.58. The summed E-state index contributed by atoms with van der Waals surface area (Å²) in [5.41, 5.74) is 7.15. The SMILES string of the molecule is C/C(=N\NC(N)=O)C1=C(O)C(C(C)C)NC1=O. The summed E-state index contributed by atoms with van der Waals surface area (Å²) in [6, 6.07) is -1.25. The predicted molar refractivity (Wildman–Crippen MR) is 62.3 cm³/mol. The standard InChI is InChI=1S/C10H16N4O3/c1-4(2)7-8(15)6(9(16)12-7)5(3)13-14-10(11)17/h4,7,15H,1-3H3,(H,12,16)(H3,11,14,17)/b13-5+. The number of carbonyl (C=O) groups excluding carboxylic acids is 2. The number of hydrogen-bond acceptors (Lipinski definition) is 4. The molecule has 1 heterocycles. The van der Waals surface area contributed by atoms with E-state index in [9.17, 15) is 14.7 Å². The van der Waals surface area contributed by atoms with Gasteiger partial charge in [-0.25, -0.2) is 10.2 Å². The van der Waals surface area contributed by atoms with Gasteiger partial charge in [0.05, 0.1) is 11.8 Å². The smallest absolute Gasteiger partial charge is 0.332 e. The molecule has 94 valence electrons. The number of nitrogens with two attached hydrogens (primary N) is 1. The molecule has 0 aromatic heterocycles. The monoisotopic (exact) mass is 240 g/mol. The third-order valence-electron chi connectivity index (χ3n) is 2.43. The van der Waals surface area contributed by atoms with Crippen molar-refractivity contribution in [3.05, 3.63) is 11.3 Å². The largest absolute Gasteiger partial charge is 0.509 e. The minimum Gasteiger partial charge on any atom is -0.509 e. The zero-order chi connectivity index (χ0) is 13.2. The lowest BCUT2D eigenvalue weighted by Gasteiger charge is -2.14. The van der Waals surface area contributed by atoms with Crippen LogP contribution < -0.4 is 16.5 Å². The van der Waals surface area contributed by atoms with Crippen LogP contribution in [0.1, 0.15) is 20.8 Å². The summed E-state index contributed by atoms with van der Waals surface area (Å²) >= 11 is 0. The van der Waals surface area contributed by atoms with E-state index in [0.29, 0.717) is 0 Å². The molecule has 0 saturated carbocycles. The average Bonchev–Trinajstić information content (AvgIpc) is 2.51. The summed E-state index contributed by atoms with van der Waals surface area (Å²) < 4.78 is 0. The molecule has 3 amide bonds. The van der Waals surface area contributed by atoms with E-state index in [1.807, 2.05) is 19.3 Å². The Labute approximate surface area is 98.8 Å². The van der Waals surface area contributed by atoms with Crippen molar-refractivity contribution in [1.29, 1.82) is 0 Å². The summed E-state index contributed by atoms with van der Waals surface area (Å²) in [5, 5.41) is 16.1. The van der Waals surface area contributed by atoms with Gasteiger partial charge in [0.25, 0.3) is 5.91 Å². The molecule has 1 rings (SSSR count). The fraction of sp³-hybridized carbons (Fsp3) is 0.500. The molecule has 1 aliphatic rings. The quantitative estimate of drug-likeness (QED) is 0.410. The van der Waals surface area contributed by atoms with Gasteiger partial charge in [0.2, 0.25) is 0 Å². The van der Waals surface area contributed by atoms with Gasteiger partial charge in [-0.15, -0.1) is 0 Å². The summed E-state index contributed by atoms with van der Waals surface area (Å²) in [6.45, 7) is 5.25. The molecule has 0 aromatic rings. The van der Waals surface area contributed by atoms with Gasteiger partial charge in [-0.1, -0.05) is 13.8 Å². The Morgan fingerprint density at radius 3 is 2.59 bits per heavy atom. The molecule has 17 heavy (non-hydrogen) atoms. The normalized spacial score (nSPS) is 20.8. The van der Waals surface area contributed by atoms with Gasteiger partial charge in [-0.05, 0) is 12.8 Å². The van der Waals surface area contributed by atoms with E-state index < -0.39 is 18.0 Å². The lowest BCUT2D eigenvalue weighted by Crippen LogP contribution is -2.33. The Kier molecular flexibility index (Phi) is 3.72. The van der Waals surface area contributed by atoms with Crippen molar-refractivity contribution in [2.24, 2.45) is 16.8 Å². The van der Waals surface area contributed by atoms with E-state index in [1.165, 1.54) is 6.92 Å². The highest BCUT2D eigenvalue weighted by Gasteiger charge is 2.34. The second-order valence-corrected chi connectivity index (χ2v) is 4.13. The fourth-order valence-corrected chi connectivity index (χ4v) is 1.58. The molecular weight excluding hydrogens is 224 g/mol. The van der Waals surface area contributed by atoms with E-state index in [4.69, 9.17) is 5.73 Å². The van der Waals surface area contributed by atoms with Gasteiger partial charge in [-0.2, -0.15) is 5.10 Å². The molecule has 7 heteroatoms. The van der Waals surface area contributed by atoms with Crippen molar-refractivity contribution in [2.75, 3.05) is 0 Å². The van der Waals surface area contributed by atoms with Crippen molar-refractivity contribution in [3.63, 3.8) is 0 Å². The van der Waals surface area contributed by atoms with Crippen molar-refractivity contribution in [2.45, 2.75) is 26.8 Å². The van der Waals surface area contributed by atoms with Gasteiger partial charge in [0.1, 0.15) is 11.3 Å². The van der Waals surface area contributed by atoms with Crippen LogP contribution in [0.2, 0.25) is 0 Å². The Hall–Kier alpha value is -2.05. The first-order chi connectivity index (χ1) is 7.84. The lowest BCUT2D eigenvalue weighted by molar-refractivity contribution is -0.116. The molecule has 5 N–H and O–H groups in total. The first-order valence-electron chi connectivity index (χ1n) is 5.18. The van der Waals surface area contributed by atoms with Crippen molar-refractivity contribution >= 4 is 17.6 Å². The zero-order valence-electron chi connectivity index (χ0n) is 9.94. The minimum absolute atomic E-state index is 0.0579. The third-order valence-corrected chi connectivity index (χ3v) is 2.43. The van der Waals surface area contributed by atoms with E-state index >= 15 is 0 Å². The number of hydrazone groups is 1. The van der Waals surface area contributed by atoms with Crippen LogP contribution in [-0.2, 0) is 4.79 Å². The maximum absolute atomic E-state index is 11.6. The predicted octanol–water partition coefficient (Wildman–Crippen LogP) is -0.00290. The third kappa shape index (κ3) is 2.74. The van der Waals surface area contributed by atoms with Crippen LogP contribution >= 0.6 is 0 Å². The van der Waals surface area contributed by atoms with Gasteiger partial charge in [-0.3, -0.25) is 4.79 Å². The van der Waals surface area contributed by atoms with Crippen LogP contribution in [0.4, 0.5) is 4.79 Å². The topological polar surface area (TPSA) is 117 Å². The number of urea groups is 1. The van der Waals surface area contributed by atoms with E-state index in [0.717, 1.165) is 0 Å². The van der Waals surface area contributed by atoms with Crippen LogP contribution in [0.25, 0.3) is 0 Å². The number of hydrogen-bond donors (Lipinski definition) is 4. The molecule has 1 aliphatic heterocycles. The highest BCUT2D eigenvalue weighted by molar-refractivity contribution is 6.22. The molecule has 0 bridgehead atoms. The van der Waals surface area contributed by atoms with Crippen molar-refractivity contribution < 1.29 is 14.7 Å². The van der Waals surface area contributed by atoms with Gasteiger partial charge in [0.15, 0.2) is 0 Å². The number of amides is 3. The second kappa shape index (κ2) is 4.86. The zero-order valence-corrected chi connectivity index (χ0v) is 9.94. The number of carbonyl (C=O) groups is 2. The highest BCUT2D eigenvalue weighted by atomic mass is 16.3. The molecule has 0 spiro atoms. The second-order valence-electron chi connectivity index (χ2n) is 4.13. The van der Waals surface area contributed by atoms with Crippen molar-refractivity contribution in [3.8, 4) is 0 Å². The van der Waals surface area contributed by atoms with Crippen LogP contribution in [0, 0.1) is 5.92 Å². The summed E-state index contributed by atoms with van der Waals surface area (Å²) in [5.74, 6) is -0.403. The number of nitrogens with one attached hydrogen (secondary N) is 2. The Bertz CT molecular complexity index is 412. The van der Waals surface area contributed by atoms with Gasteiger partial charge >= 0.3 is 6.03 Å². The first-order valence-corrected chi connectivity index (χ1v) is 5.18. The van der Waals surface area contributed by atoms with Crippen LogP contribution in [0.5, 0.6) is 0 Å². The molecule has 1 unspecified atom stereocenters. The number of primary amides is 1. The van der Waals surface area contributed by atoms with Crippen molar-refractivity contribution in [1.82, 2.24) is 10.7 Å². The molecule has 0 radical (unpaired) electrons. The number of rotatable bonds is 3. The Morgan fingerprint density at radius 2 is 2.18 bits per heavy atom. The maximum atomic E-state index is 11.6. The Morgan fingerprint density at radius 1 is 1.59 bits per heavy atom. The molecule has 0 aliphatic carbocycles. The molecule has 1 atom stereocenters. The summed E-state index contributed by atoms with van der Waals surface area (Å²) in [6.07, 6.45) is 0. The molecule has 0 saturated heterocycles. The molecule has 0 fully saturated rings. The average molecular weight is 240 g/mol. The number of nitrogens with zero attached hydrogens (tertiary/aromatic N) is 1.